The van der Waals surface area contributed by atoms with E-state index in [1.807, 2.05) is 6.92 Å². The van der Waals surface area contributed by atoms with E-state index in [4.69, 9.17) is 5.11 Å². The zero-order valence-corrected chi connectivity index (χ0v) is 11.2. The van der Waals surface area contributed by atoms with Crippen LogP contribution in [0.15, 0.2) is 0 Å². The number of carbonyl (C=O) groups excluding carboxylic acids is 1. The summed E-state index contributed by atoms with van der Waals surface area (Å²) in [6, 6.07) is -0.223. The first-order valence-electron chi connectivity index (χ1n) is 6.14. The molecule has 0 rings (SSSR count). The molecule has 0 aromatic rings. The lowest BCUT2D eigenvalue weighted by molar-refractivity contribution is -0.137. The monoisotopic (exact) mass is 244 g/mol. The maximum atomic E-state index is 11.7. The van der Waals surface area contributed by atoms with Crippen molar-refractivity contribution in [2.45, 2.75) is 46.6 Å². The molecule has 100 valence electrons. The number of likely N-dealkylation sites (N-methyl/N-ethyl adjacent to an activating group) is 1. The molecule has 0 aliphatic heterocycles. The van der Waals surface area contributed by atoms with Crippen LogP contribution in [0, 0.1) is 5.92 Å². The molecule has 2 N–H and O–H groups in total. The van der Waals surface area contributed by atoms with Gasteiger partial charge in [0.15, 0.2) is 0 Å². The van der Waals surface area contributed by atoms with E-state index in [2.05, 4.69) is 19.2 Å². The molecule has 1 unspecified atom stereocenters. The molecular formula is C12H24N2O3. The van der Waals surface area contributed by atoms with Gasteiger partial charge in [-0.2, -0.15) is 0 Å². The Bertz CT molecular complexity index is 254. The molecule has 1 atom stereocenters. The summed E-state index contributed by atoms with van der Waals surface area (Å²) in [6.07, 6.45) is 1.96. The molecule has 0 radical (unpaired) electrons. The Morgan fingerprint density at radius 1 is 1.24 bits per heavy atom. The van der Waals surface area contributed by atoms with Crippen LogP contribution in [-0.2, 0) is 4.79 Å². The largest absolute Gasteiger partial charge is 0.480 e. The third-order valence-corrected chi connectivity index (χ3v) is 2.54. The van der Waals surface area contributed by atoms with E-state index in [1.54, 1.807) is 6.92 Å². The molecule has 0 saturated heterocycles. The number of urea groups is 1. The van der Waals surface area contributed by atoms with Gasteiger partial charge >= 0.3 is 12.0 Å². The molecule has 17 heavy (non-hydrogen) atoms. The fourth-order valence-electron chi connectivity index (χ4n) is 1.45. The number of nitrogens with one attached hydrogen (secondary N) is 1. The van der Waals surface area contributed by atoms with Crippen molar-refractivity contribution in [3.8, 4) is 0 Å². The van der Waals surface area contributed by atoms with Gasteiger partial charge in [0.2, 0.25) is 0 Å². The third-order valence-electron chi connectivity index (χ3n) is 2.54. The fraction of sp³-hybridized carbons (Fsp3) is 0.833. The van der Waals surface area contributed by atoms with E-state index in [9.17, 15) is 9.59 Å². The van der Waals surface area contributed by atoms with Gasteiger partial charge in [-0.25, -0.2) is 4.79 Å². The van der Waals surface area contributed by atoms with Gasteiger partial charge in [-0.05, 0) is 32.6 Å². The number of aliphatic carboxylic acids is 1. The normalized spacial score (nSPS) is 12.3. The van der Waals surface area contributed by atoms with Gasteiger partial charge in [0.05, 0.1) is 0 Å². The van der Waals surface area contributed by atoms with E-state index >= 15 is 0 Å². The van der Waals surface area contributed by atoms with Crippen LogP contribution in [0.3, 0.4) is 0 Å². The van der Waals surface area contributed by atoms with Crippen LogP contribution in [0.1, 0.15) is 40.5 Å². The predicted octanol–water partition coefficient (Wildman–Crippen LogP) is 1.93. The molecule has 0 bridgehead atoms. The highest BCUT2D eigenvalue weighted by Gasteiger charge is 2.16. The van der Waals surface area contributed by atoms with Crippen LogP contribution < -0.4 is 5.32 Å². The first kappa shape index (κ1) is 15.7. The van der Waals surface area contributed by atoms with Crippen LogP contribution in [0.25, 0.3) is 0 Å². The van der Waals surface area contributed by atoms with Crippen LogP contribution in [0.4, 0.5) is 4.79 Å². The van der Waals surface area contributed by atoms with Crippen LogP contribution in [0.5, 0.6) is 0 Å². The van der Waals surface area contributed by atoms with E-state index in [0.717, 1.165) is 12.8 Å². The van der Waals surface area contributed by atoms with Gasteiger partial charge in [-0.1, -0.05) is 13.8 Å². The summed E-state index contributed by atoms with van der Waals surface area (Å²) >= 11 is 0. The molecule has 2 amide bonds. The molecule has 0 aromatic heterocycles. The second-order valence-electron chi connectivity index (χ2n) is 4.73. The van der Waals surface area contributed by atoms with Crippen LogP contribution in [0.2, 0.25) is 0 Å². The molecule has 0 aliphatic rings. The van der Waals surface area contributed by atoms with Gasteiger partial charge in [0.25, 0.3) is 0 Å². The topological polar surface area (TPSA) is 69.6 Å². The first-order chi connectivity index (χ1) is 7.86. The number of hydrogen-bond acceptors (Lipinski definition) is 2. The van der Waals surface area contributed by atoms with Crippen molar-refractivity contribution >= 4 is 12.0 Å². The van der Waals surface area contributed by atoms with Crippen molar-refractivity contribution in [3.05, 3.63) is 0 Å². The van der Waals surface area contributed by atoms with Crippen molar-refractivity contribution in [2.24, 2.45) is 5.92 Å². The van der Waals surface area contributed by atoms with E-state index < -0.39 is 5.97 Å². The number of carboxylic acid groups (broad SMARTS) is 1. The van der Waals surface area contributed by atoms with Gasteiger partial charge in [-0.3, -0.25) is 4.79 Å². The fourth-order valence-corrected chi connectivity index (χ4v) is 1.45. The number of nitrogens with zero attached hydrogens (tertiary/aromatic N) is 1. The summed E-state index contributed by atoms with van der Waals surface area (Å²) in [6.45, 7) is 8.12. The van der Waals surface area contributed by atoms with Crippen molar-refractivity contribution in [1.82, 2.24) is 10.2 Å². The molecular weight excluding hydrogens is 220 g/mol. The summed E-state index contributed by atoms with van der Waals surface area (Å²) in [5.74, 6) is -0.382. The molecule has 0 saturated carbocycles. The quantitative estimate of drug-likeness (QED) is 0.719. The molecule has 5 heteroatoms. The SMILES string of the molecule is CCN(CC(=O)O)C(=O)NC(C)CCC(C)C. The zero-order valence-electron chi connectivity index (χ0n) is 11.2. The number of rotatable bonds is 7. The first-order valence-corrected chi connectivity index (χ1v) is 6.14. The lowest BCUT2D eigenvalue weighted by atomic mass is 10.0. The van der Waals surface area contributed by atoms with Gasteiger partial charge in [-0.15, -0.1) is 0 Å². The minimum Gasteiger partial charge on any atom is -0.480 e. The number of carboxylic acids is 1. The van der Waals surface area contributed by atoms with Crippen molar-refractivity contribution in [3.63, 3.8) is 0 Å². The number of amides is 2. The second kappa shape index (κ2) is 7.92. The average Bonchev–Trinajstić information content (AvgIpc) is 2.22. The van der Waals surface area contributed by atoms with Crippen LogP contribution in [-0.4, -0.2) is 41.1 Å². The Morgan fingerprint density at radius 2 is 1.82 bits per heavy atom. The molecule has 0 aliphatic carbocycles. The Hall–Kier alpha value is -1.26. The van der Waals surface area contributed by atoms with E-state index in [0.29, 0.717) is 12.5 Å². The van der Waals surface area contributed by atoms with Crippen molar-refractivity contribution in [1.29, 1.82) is 0 Å². The highest BCUT2D eigenvalue weighted by Crippen LogP contribution is 2.06. The summed E-state index contributed by atoms with van der Waals surface area (Å²) in [7, 11) is 0. The Labute approximate surface area is 103 Å². The second-order valence-corrected chi connectivity index (χ2v) is 4.73. The summed E-state index contributed by atoms with van der Waals surface area (Å²) in [5.41, 5.74) is 0. The molecule has 0 spiro atoms. The lowest BCUT2D eigenvalue weighted by Gasteiger charge is -2.22. The van der Waals surface area contributed by atoms with E-state index in [-0.39, 0.29) is 18.6 Å². The maximum absolute atomic E-state index is 11.7. The molecule has 0 heterocycles. The van der Waals surface area contributed by atoms with Gasteiger partial charge in [0.1, 0.15) is 6.54 Å². The predicted molar refractivity (Wildman–Crippen MR) is 66.9 cm³/mol. The van der Waals surface area contributed by atoms with Crippen molar-refractivity contribution in [2.75, 3.05) is 13.1 Å². The minimum absolute atomic E-state index is 0.0766. The number of hydrogen-bond donors (Lipinski definition) is 2. The van der Waals surface area contributed by atoms with E-state index in [1.165, 1.54) is 4.90 Å². The Kier molecular flexibility index (Phi) is 7.34. The Balaban J connectivity index is 4.07. The van der Waals surface area contributed by atoms with Gasteiger partial charge < -0.3 is 15.3 Å². The summed E-state index contributed by atoms with van der Waals surface area (Å²) < 4.78 is 0. The summed E-state index contributed by atoms with van der Waals surface area (Å²) in [5, 5.41) is 11.5. The highest BCUT2D eigenvalue weighted by molar-refractivity contribution is 5.80. The molecule has 0 fully saturated rings. The standard InChI is InChI=1S/C12H24N2O3/c1-5-14(8-11(15)16)12(17)13-10(4)7-6-9(2)3/h9-10H,5-8H2,1-4H3,(H,13,17)(H,15,16). The molecule has 0 aromatic carbocycles. The highest BCUT2D eigenvalue weighted by atomic mass is 16.4. The average molecular weight is 244 g/mol. The minimum atomic E-state index is -0.989. The maximum Gasteiger partial charge on any atom is 0.323 e. The molecule has 5 nitrogen and oxygen atoms in total. The number of carbonyl (C=O) groups is 2. The zero-order chi connectivity index (χ0) is 13.4. The lowest BCUT2D eigenvalue weighted by Crippen LogP contribution is -2.45. The Morgan fingerprint density at radius 3 is 2.24 bits per heavy atom. The van der Waals surface area contributed by atoms with Crippen LogP contribution >= 0.6 is 0 Å². The van der Waals surface area contributed by atoms with Gasteiger partial charge in [0, 0.05) is 12.6 Å². The van der Waals surface area contributed by atoms with Crippen molar-refractivity contribution < 1.29 is 14.7 Å². The smallest absolute Gasteiger partial charge is 0.323 e. The summed E-state index contributed by atoms with van der Waals surface area (Å²) in [4.78, 5) is 23.6. The third kappa shape index (κ3) is 7.60.